The second-order valence-corrected chi connectivity index (χ2v) is 6.13. The fourth-order valence-electron chi connectivity index (χ4n) is 3.55. The van der Waals surface area contributed by atoms with Crippen molar-refractivity contribution in [1.29, 1.82) is 0 Å². The molecule has 0 aromatic carbocycles. The van der Waals surface area contributed by atoms with Crippen LogP contribution in [0.5, 0.6) is 0 Å². The Morgan fingerprint density at radius 2 is 1.88 bits per heavy atom. The van der Waals surface area contributed by atoms with Gasteiger partial charge in [-0.3, -0.25) is 0 Å². The standard InChI is InChI=1S/C15H30N2/c1-3-15(4-2)8-12-17(13-9-15)11-7-14-6-5-10-16-14/h14,16H,3-13H2,1-2H3. The first-order valence-electron chi connectivity index (χ1n) is 7.74. The molecule has 0 spiro atoms. The molecule has 17 heavy (non-hydrogen) atoms. The zero-order valence-electron chi connectivity index (χ0n) is 11.8. The Hall–Kier alpha value is -0.0800. The normalized spacial score (nSPS) is 29.6. The summed E-state index contributed by atoms with van der Waals surface area (Å²) in [5, 5.41) is 3.61. The van der Waals surface area contributed by atoms with Gasteiger partial charge in [0.1, 0.15) is 0 Å². The Kier molecular flexibility index (Phi) is 4.87. The number of hydrogen-bond donors (Lipinski definition) is 1. The Morgan fingerprint density at radius 3 is 2.41 bits per heavy atom. The molecule has 100 valence electrons. The van der Waals surface area contributed by atoms with Crippen LogP contribution in [0.2, 0.25) is 0 Å². The molecule has 2 aliphatic rings. The van der Waals surface area contributed by atoms with Crippen molar-refractivity contribution in [3.8, 4) is 0 Å². The number of rotatable bonds is 5. The minimum Gasteiger partial charge on any atom is -0.314 e. The smallest absolute Gasteiger partial charge is 0.00797 e. The summed E-state index contributed by atoms with van der Waals surface area (Å²) in [5.74, 6) is 0. The van der Waals surface area contributed by atoms with E-state index in [0.29, 0.717) is 5.41 Å². The predicted molar refractivity (Wildman–Crippen MR) is 74.3 cm³/mol. The van der Waals surface area contributed by atoms with Crippen molar-refractivity contribution < 1.29 is 0 Å². The maximum absolute atomic E-state index is 3.61. The Bertz CT molecular complexity index is 204. The van der Waals surface area contributed by atoms with Gasteiger partial charge in [0.15, 0.2) is 0 Å². The van der Waals surface area contributed by atoms with E-state index in [2.05, 4.69) is 24.1 Å². The van der Waals surface area contributed by atoms with Crippen LogP contribution >= 0.6 is 0 Å². The van der Waals surface area contributed by atoms with Gasteiger partial charge in [0.05, 0.1) is 0 Å². The lowest BCUT2D eigenvalue weighted by Crippen LogP contribution is -2.41. The van der Waals surface area contributed by atoms with Crippen LogP contribution in [0.3, 0.4) is 0 Å². The minimum atomic E-state index is 0.683. The van der Waals surface area contributed by atoms with E-state index in [0.717, 1.165) is 6.04 Å². The zero-order chi connectivity index (χ0) is 12.1. The van der Waals surface area contributed by atoms with Gasteiger partial charge in [-0.25, -0.2) is 0 Å². The van der Waals surface area contributed by atoms with Crippen LogP contribution in [0.15, 0.2) is 0 Å². The zero-order valence-corrected chi connectivity index (χ0v) is 11.8. The van der Waals surface area contributed by atoms with E-state index in [-0.39, 0.29) is 0 Å². The van der Waals surface area contributed by atoms with Gasteiger partial charge in [-0.05, 0) is 63.7 Å². The summed E-state index contributed by atoms with van der Waals surface area (Å²) in [6.07, 6.45) is 9.77. The second-order valence-electron chi connectivity index (χ2n) is 6.13. The van der Waals surface area contributed by atoms with E-state index in [9.17, 15) is 0 Å². The van der Waals surface area contributed by atoms with Crippen LogP contribution in [0.25, 0.3) is 0 Å². The molecule has 2 aliphatic heterocycles. The summed E-state index contributed by atoms with van der Waals surface area (Å²) in [7, 11) is 0. The molecule has 1 unspecified atom stereocenters. The van der Waals surface area contributed by atoms with Crippen molar-refractivity contribution in [2.75, 3.05) is 26.2 Å². The van der Waals surface area contributed by atoms with Gasteiger partial charge in [-0.2, -0.15) is 0 Å². The average Bonchev–Trinajstić information content (AvgIpc) is 2.90. The lowest BCUT2D eigenvalue weighted by molar-refractivity contribution is 0.0930. The number of hydrogen-bond acceptors (Lipinski definition) is 2. The van der Waals surface area contributed by atoms with Gasteiger partial charge in [0.2, 0.25) is 0 Å². The molecule has 2 fully saturated rings. The molecule has 0 aromatic heterocycles. The van der Waals surface area contributed by atoms with Crippen molar-refractivity contribution in [1.82, 2.24) is 10.2 Å². The lowest BCUT2D eigenvalue weighted by Gasteiger charge is -2.41. The quantitative estimate of drug-likeness (QED) is 0.792. The highest BCUT2D eigenvalue weighted by atomic mass is 15.1. The molecule has 0 amide bonds. The highest BCUT2D eigenvalue weighted by Crippen LogP contribution is 2.37. The minimum absolute atomic E-state index is 0.683. The van der Waals surface area contributed by atoms with Crippen LogP contribution in [0, 0.1) is 5.41 Å². The molecular weight excluding hydrogens is 208 g/mol. The highest BCUT2D eigenvalue weighted by Gasteiger charge is 2.31. The third-order valence-corrected chi connectivity index (χ3v) is 5.37. The molecule has 1 N–H and O–H groups in total. The van der Waals surface area contributed by atoms with Crippen molar-refractivity contribution in [2.24, 2.45) is 5.41 Å². The van der Waals surface area contributed by atoms with Gasteiger partial charge in [0.25, 0.3) is 0 Å². The molecule has 2 heteroatoms. The molecular formula is C15H30N2. The van der Waals surface area contributed by atoms with E-state index in [4.69, 9.17) is 0 Å². The SMILES string of the molecule is CCC1(CC)CCN(CCC2CCCN2)CC1. The van der Waals surface area contributed by atoms with Crippen molar-refractivity contribution in [3.05, 3.63) is 0 Å². The summed E-state index contributed by atoms with van der Waals surface area (Å²) in [5.41, 5.74) is 0.683. The van der Waals surface area contributed by atoms with Gasteiger partial charge < -0.3 is 10.2 Å². The fourth-order valence-corrected chi connectivity index (χ4v) is 3.55. The first-order valence-corrected chi connectivity index (χ1v) is 7.74. The van der Waals surface area contributed by atoms with Crippen molar-refractivity contribution in [2.45, 2.75) is 64.8 Å². The van der Waals surface area contributed by atoms with Gasteiger partial charge in [0, 0.05) is 6.04 Å². The molecule has 0 saturated carbocycles. The Labute approximate surface area is 107 Å². The van der Waals surface area contributed by atoms with Gasteiger partial charge >= 0.3 is 0 Å². The fraction of sp³-hybridized carbons (Fsp3) is 1.00. The molecule has 2 heterocycles. The highest BCUT2D eigenvalue weighted by molar-refractivity contribution is 4.85. The third kappa shape index (κ3) is 3.45. The molecule has 0 bridgehead atoms. The van der Waals surface area contributed by atoms with Gasteiger partial charge in [-0.15, -0.1) is 0 Å². The first-order chi connectivity index (χ1) is 8.28. The summed E-state index contributed by atoms with van der Waals surface area (Å²) < 4.78 is 0. The molecule has 0 radical (unpaired) electrons. The number of piperidine rings is 1. The van der Waals surface area contributed by atoms with Gasteiger partial charge in [-0.1, -0.05) is 26.7 Å². The molecule has 2 nitrogen and oxygen atoms in total. The molecule has 2 rings (SSSR count). The van der Waals surface area contributed by atoms with Crippen LogP contribution in [0.1, 0.15) is 58.8 Å². The average molecular weight is 238 g/mol. The number of nitrogens with one attached hydrogen (secondary N) is 1. The Balaban J connectivity index is 1.68. The summed E-state index contributed by atoms with van der Waals surface area (Å²) in [6.45, 7) is 10.0. The van der Waals surface area contributed by atoms with Crippen LogP contribution in [-0.4, -0.2) is 37.1 Å². The third-order valence-electron chi connectivity index (χ3n) is 5.37. The van der Waals surface area contributed by atoms with E-state index >= 15 is 0 Å². The number of likely N-dealkylation sites (tertiary alicyclic amines) is 1. The number of nitrogens with zero attached hydrogens (tertiary/aromatic N) is 1. The van der Waals surface area contributed by atoms with Crippen LogP contribution < -0.4 is 5.32 Å². The predicted octanol–water partition coefficient (Wildman–Crippen LogP) is 3.03. The van der Waals surface area contributed by atoms with E-state index in [1.165, 1.54) is 71.1 Å². The Morgan fingerprint density at radius 1 is 1.18 bits per heavy atom. The largest absolute Gasteiger partial charge is 0.314 e. The molecule has 1 atom stereocenters. The monoisotopic (exact) mass is 238 g/mol. The first kappa shape index (κ1) is 13.4. The van der Waals surface area contributed by atoms with Crippen molar-refractivity contribution in [3.63, 3.8) is 0 Å². The van der Waals surface area contributed by atoms with Crippen LogP contribution in [-0.2, 0) is 0 Å². The molecule has 0 aliphatic carbocycles. The van der Waals surface area contributed by atoms with E-state index in [1.807, 2.05) is 0 Å². The van der Waals surface area contributed by atoms with Crippen molar-refractivity contribution >= 4 is 0 Å². The maximum atomic E-state index is 3.61. The molecule has 2 saturated heterocycles. The van der Waals surface area contributed by atoms with E-state index < -0.39 is 0 Å². The summed E-state index contributed by atoms with van der Waals surface area (Å²) >= 11 is 0. The second kappa shape index (κ2) is 6.19. The lowest BCUT2D eigenvalue weighted by atomic mass is 9.74. The van der Waals surface area contributed by atoms with E-state index in [1.54, 1.807) is 0 Å². The summed E-state index contributed by atoms with van der Waals surface area (Å²) in [4.78, 5) is 2.70. The van der Waals surface area contributed by atoms with Crippen LogP contribution in [0.4, 0.5) is 0 Å². The topological polar surface area (TPSA) is 15.3 Å². The summed E-state index contributed by atoms with van der Waals surface area (Å²) in [6, 6.07) is 0.819. The molecule has 0 aromatic rings. The maximum Gasteiger partial charge on any atom is 0.00797 e.